The molecule has 1 aromatic rings. The van der Waals surface area contributed by atoms with E-state index in [9.17, 15) is 8.42 Å². The first-order valence-electron chi connectivity index (χ1n) is 6.53. The van der Waals surface area contributed by atoms with Crippen LogP contribution in [0.4, 0.5) is 0 Å². The van der Waals surface area contributed by atoms with Crippen molar-refractivity contribution >= 4 is 10.0 Å². The molecule has 0 unspecified atom stereocenters. The predicted octanol–water partition coefficient (Wildman–Crippen LogP) is 2.29. The van der Waals surface area contributed by atoms with Crippen molar-refractivity contribution in [3.63, 3.8) is 0 Å². The number of nitrogens with one attached hydrogen (secondary N) is 1. The number of hydrogen-bond acceptors (Lipinski definition) is 4. The van der Waals surface area contributed by atoms with Crippen molar-refractivity contribution in [3.05, 3.63) is 34.3 Å². The Balaban J connectivity index is 2.20. The van der Waals surface area contributed by atoms with Crippen molar-refractivity contribution < 1.29 is 8.42 Å². The Hall–Kier alpha value is -1.63. The highest BCUT2D eigenvalue weighted by Crippen LogP contribution is 2.23. The van der Waals surface area contributed by atoms with E-state index in [1.165, 1.54) is 6.07 Å². The van der Waals surface area contributed by atoms with E-state index in [-0.39, 0.29) is 17.1 Å². The fraction of sp³-hybridized carbons (Fsp3) is 0.583. The van der Waals surface area contributed by atoms with Gasteiger partial charge in [0.15, 0.2) is 5.03 Å². The molecule has 2 atom stereocenters. The van der Waals surface area contributed by atoms with Crippen LogP contribution in [-0.4, -0.2) is 25.5 Å². The van der Waals surface area contributed by atoms with Crippen LogP contribution in [0.15, 0.2) is 28.3 Å². The highest BCUT2D eigenvalue weighted by atomic mass is 32.2. The van der Waals surface area contributed by atoms with Gasteiger partial charge in [-0.2, -0.15) is 0 Å². The summed E-state index contributed by atoms with van der Waals surface area (Å²) in [5.41, 5.74) is 9.20. The Morgan fingerprint density at radius 1 is 1.40 bits per heavy atom. The lowest BCUT2D eigenvalue weighted by Gasteiger charge is -2.28. The molecule has 1 saturated carbocycles. The molecular weight excluding hydrogens is 278 g/mol. The number of aryl methyl sites for hydroxylation is 1. The van der Waals surface area contributed by atoms with Gasteiger partial charge in [-0.3, -0.25) is 0 Å². The van der Waals surface area contributed by atoms with E-state index in [4.69, 9.17) is 5.53 Å². The van der Waals surface area contributed by atoms with Crippen LogP contribution in [0.2, 0.25) is 0 Å². The third-order valence-electron chi connectivity index (χ3n) is 3.37. The van der Waals surface area contributed by atoms with E-state index in [2.05, 4.69) is 19.7 Å². The minimum Gasteiger partial charge on any atom is -0.240 e. The maximum absolute atomic E-state index is 12.3. The average Bonchev–Trinajstić information content (AvgIpc) is 2.41. The topological polar surface area (TPSA) is 108 Å². The van der Waals surface area contributed by atoms with Crippen LogP contribution in [0.5, 0.6) is 0 Å². The zero-order valence-electron chi connectivity index (χ0n) is 11.2. The largest absolute Gasteiger partial charge is 0.258 e. The number of sulfonamides is 1. The lowest BCUT2D eigenvalue weighted by molar-refractivity contribution is 0.360. The monoisotopic (exact) mass is 295 g/mol. The SMILES string of the molecule is Cc1cccc(S(=O)(=O)N[C@H]2CCCC[C@@H]2N=[N+]=[N-])n1. The third kappa shape index (κ3) is 3.47. The number of pyridine rings is 1. The van der Waals surface area contributed by atoms with E-state index in [1.807, 2.05) is 0 Å². The summed E-state index contributed by atoms with van der Waals surface area (Å²) in [5.74, 6) is 0. The van der Waals surface area contributed by atoms with Crippen molar-refractivity contribution in [1.29, 1.82) is 0 Å². The first kappa shape index (κ1) is 14.8. The molecule has 1 aliphatic carbocycles. The van der Waals surface area contributed by atoms with Crippen LogP contribution < -0.4 is 4.72 Å². The van der Waals surface area contributed by atoms with Crippen molar-refractivity contribution in [1.82, 2.24) is 9.71 Å². The molecule has 8 heteroatoms. The first-order chi connectivity index (χ1) is 9.53. The standard InChI is InChI=1S/C12H17N5O2S/c1-9-5-4-8-12(14-9)20(18,19)16-11-7-3-2-6-10(11)15-17-13/h4-5,8,10-11,16H,2-3,6-7H2,1H3/t10-,11-/m0/s1. The third-order valence-corrected chi connectivity index (χ3v) is 4.77. The molecule has 0 amide bonds. The number of azide groups is 1. The summed E-state index contributed by atoms with van der Waals surface area (Å²) in [4.78, 5) is 6.83. The highest BCUT2D eigenvalue weighted by molar-refractivity contribution is 7.89. The van der Waals surface area contributed by atoms with Crippen LogP contribution >= 0.6 is 0 Å². The average molecular weight is 295 g/mol. The summed E-state index contributed by atoms with van der Waals surface area (Å²) in [6, 6.07) is 4.17. The van der Waals surface area contributed by atoms with E-state index in [1.54, 1.807) is 19.1 Å². The Bertz CT molecular complexity index is 624. The van der Waals surface area contributed by atoms with Gasteiger partial charge in [0.2, 0.25) is 0 Å². The Morgan fingerprint density at radius 2 is 2.15 bits per heavy atom. The molecule has 0 radical (unpaired) electrons. The normalized spacial score (nSPS) is 23.1. The molecule has 2 rings (SSSR count). The fourth-order valence-electron chi connectivity index (χ4n) is 2.38. The number of nitrogens with zero attached hydrogens (tertiary/aromatic N) is 4. The summed E-state index contributed by atoms with van der Waals surface area (Å²) in [7, 11) is -3.68. The first-order valence-corrected chi connectivity index (χ1v) is 8.01. The number of aromatic nitrogens is 1. The molecule has 7 nitrogen and oxygen atoms in total. The molecule has 20 heavy (non-hydrogen) atoms. The molecule has 0 aliphatic heterocycles. The minimum absolute atomic E-state index is 0.00256. The maximum Gasteiger partial charge on any atom is 0.258 e. The van der Waals surface area contributed by atoms with Crippen molar-refractivity contribution in [2.75, 3.05) is 0 Å². The van der Waals surface area contributed by atoms with Gasteiger partial charge in [-0.25, -0.2) is 18.1 Å². The van der Waals surface area contributed by atoms with Crippen LogP contribution in [0.25, 0.3) is 10.4 Å². The van der Waals surface area contributed by atoms with Crippen LogP contribution in [-0.2, 0) is 10.0 Å². The second-order valence-electron chi connectivity index (χ2n) is 4.90. The van der Waals surface area contributed by atoms with E-state index >= 15 is 0 Å². The molecule has 108 valence electrons. The number of rotatable bonds is 4. The van der Waals surface area contributed by atoms with Crippen LogP contribution in [0, 0.1) is 6.92 Å². The second-order valence-corrected chi connectivity index (χ2v) is 6.56. The van der Waals surface area contributed by atoms with Crippen molar-refractivity contribution in [2.45, 2.75) is 49.7 Å². The molecule has 1 fully saturated rings. The van der Waals surface area contributed by atoms with Crippen molar-refractivity contribution in [2.24, 2.45) is 5.11 Å². The summed E-state index contributed by atoms with van der Waals surface area (Å²) in [6.45, 7) is 1.74. The molecule has 1 aromatic heterocycles. The zero-order valence-corrected chi connectivity index (χ0v) is 12.0. The smallest absolute Gasteiger partial charge is 0.240 e. The fourth-order valence-corrected chi connectivity index (χ4v) is 3.70. The van der Waals surface area contributed by atoms with Gasteiger partial charge in [0.1, 0.15) is 0 Å². The van der Waals surface area contributed by atoms with Gasteiger partial charge in [-0.1, -0.05) is 24.0 Å². The second kappa shape index (κ2) is 6.21. The maximum atomic E-state index is 12.3. The van der Waals surface area contributed by atoms with Crippen molar-refractivity contribution in [3.8, 4) is 0 Å². The molecule has 1 aliphatic rings. The van der Waals surface area contributed by atoms with E-state index in [0.29, 0.717) is 18.5 Å². The van der Waals surface area contributed by atoms with Gasteiger partial charge in [0.05, 0.1) is 6.04 Å². The summed E-state index contributed by atoms with van der Waals surface area (Å²) < 4.78 is 27.2. The van der Waals surface area contributed by atoms with Gasteiger partial charge in [0, 0.05) is 16.6 Å². The van der Waals surface area contributed by atoms with E-state index < -0.39 is 10.0 Å². The molecule has 1 heterocycles. The van der Waals surface area contributed by atoms with Gasteiger partial charge >= 0.3 is 0 Å². The Morgan fingerprint density at radius 3 is 2.85 bits per heavy atom. The number of hydrogen-bond donors (Lipinski definition) is 1. The minimum atomic E-state index is -3.68. The summed E-state index contributed by atoms with van der Waals surface area (Å²) >= 11 is 0. The zero-order chi connectivity index (χ0) is 14.6. The lowest BCUT2D eigenvalue weighted by atomic mass is 9.92. The molecule has 0 bridgehead atoms. The van der Waals surface area contributed by atoms with Gasteiger partial charge < -0.3 is 0 Å². The highest BCUT2D eigenvalue weighted by Gasteiger charge is 2.29. The predicted molar refractivity (Wildman–Crippen MR) is 74.5 cm³/mol. The lowest BCUT2D eigenvalue weighted by Crippen LogP contribution is -2.44. The summed E-state index contributed by atoms with van der Waals surface area (Å²) in [5, 5.41) is 3.70. The quantitative estimate of drug-likeness (QED) is 0.523. The van der Waals surface area contributed by atoms with Gasteiger partial charge in [0.25, 0.3) is 10.0 Å². The molecule has 1 N–H and O–H groups in total. The molecule has 0 spiro atoms. The Kier molecular flexibility index (Phi) is 4.59. The van der Waals surface area contributed by atoms with E-state index in [0.717, 1.165) is 12.8 Å². The molecular formula is C12H17N5O2S. The summed E-state index contributed by atoms with van der Waals surface area (Å²) in [6.07, 6.45) is 3.25. The van der Waals surface area contributed by atoms with Crippen LogP contribution in [0.3, 0.4) is 0 Å². The Labute approximate surface area is 118 Å². The van der Waals surface area contributed by atoms with Gasteiger partial charge in [-0.05, 0) is 37.4 Å². The van der Waals surface area contributed by atoms with Gasteiger partial charge in [-0.15, -0.1) is 0 Å². The molecule has 0 aromatic carbocycles. The molecule has 0 saturated heterocycles. The van der Waals surface area contributed by atoms with Crippen LogP contribution in [0.1, 0.15) is 31.4 Å².